The maximum atomic E-state index is 6.14. The average molecular weight is 282 g/mol. The second kappa shape index (κ2) is 5.70. The molecule has 0 aromatic heterocycles. The molecule has 1 aliphatic heterocycles. The van der Waals surface area contributed by atoms with Crippen LogP contribution in [-0.4, -0.2) is 25.9 Å². The molecule has 1 saturated carbocycles. The van der Waals surface area contributed by atoms with Crippen molar-refractivity contribution < 1.29 is 9.47 Å². The van der Waals surface area contributed by atoms with E-state index in [-0.39, 0.29) is 0 Å². The van der Waals surface area contributed by atoms with Crippen molar-refractivity contribution in [2.24, 2.45) is 5.92 Å². The number of methoxy groups -OCH3 is 1. The van der Waals surface area contributed by atoms with E-state index in [0.29, 0.717) is 17.2 Å². The molecule has 104 valence electrons. The zero-order valence-electron chi connectivity index (χ0n) is 11.2. The van der Waals surface area contributed by atoms with Crippen molar-refractivity contribution in [2.75, 3.05) is 13.7 Å². The van der Waals surface area contributed by atoms with Gasteiger partial charge in [-0.05, 0) is 42.9 Å². The van der Waals surface area contributed by atoms with Crippen LogP contribution < -0.4 is 10.1 Å². The van der Waals surface area contributed by atoms with E-state index in [1.54, 1.807) is 7.11 Å². The van der Waals surface area contributed by atoms with Crippen molar-refractivity contribution in [3.8, 4) is 5.75 Å². The van der Waals surface area contributed by atoms with Crippen molar-refractivity contribution in [1.29, 1.82) is 0 Å². The smallest absolute Gasteiger partial charge is 0.137 e. The van der Waals surface area contributed by atoms with Gasteiger partial charge in [-0.2, -0.15) is 0 Å². The first-order valence-corrected chi connectivity index (χ1v) is 7.33. The van der Waals surface area contributed by atoms with E-state index in [4.69, 9.17) is 21.1 Å². The highest BCUT2D eigenvalue weighted by Gasteiger charge is 2.40. The molecule has 1 aromatic rings. The van der Waals surface area contributed by atoms with E-state index in [1.165, 1.54) is 18.4 Å². The molecular formula is C15H20ClNO2. The third-order valence-electron chi connectivity index (χ3n) is 4.01. The van der Waals surface area contributed by atoms with Crippen molar-refractivity contribution in [2.45, 2.75) is 38.0 Å². The first kappa shape index (κ1) is 13.2. The molecule has 1 saturated heterocycles. The maximum Gasteiger partial charge on any atom is 0.137 e. The lowest BCUT2D eigenvalue weighted by atomic mass is 10.1. The van der Waals surface area contributed by atoms with E-state index < -0.39 is 0 Å². The van der Waals surface area contributed by atoms with Crippen LogP contribution in [0.5, 0.6) is 5.75 Å². The van der Waals surface area contributed by atoms with Gasteiger partial charge in [0.2, 0.25) is 0 Å². The molecular weight excluding hydrogens is 262 g/mol. The van der Waals surface area contributed by atoms with Crippen LogP contribution in [0.4, 0.5) is 0 Å². The number of rotatable bonds is 5. The minimum Gasteiger partial charge on any atom is -0.495 e. The van der Waals surface area contributed by atoms with Crippen LogP contribution in [0.2, 0.25) is 5.02 Å². The SMILES string of the molecule is COc1ccc(CNC2CCOC2C2CC2)cc1Cl. The van der Waals surface area contributed by atoms with Gasteiger partial charge < -0.3 is 14.8 Å². The van der Waals surface area contributed by atoms with Crippen LogP contribution in [0.3, 0.4) is 0 Å². The number of ether oxygens (including phenoxy) is 2. The van der Waals surface area contributed by atoms with Crippen molar-refractivity contribution in [3.05, 3.63) is 28.8 Å². The Morgan fingerprint density at radius 3 is 2.89 bits per heavy atom. The van der Waals surface area contributed by atoms with E-state index in [9.17, 15) is 0 Å². The molecule has 2 unspecified atom stereocenters. The lowest BCUT2D eigenvalue weighted by molar-refractivity contribution is 0.0809. The molecule has 1 N–H and O–H groups in total. The Hall–Kier alpha value is -0.770. The molecule has 0 bridgehead atoms. The Balaban J connectivity index is 1.58. The van der Waals surface area contributed by atoms with Gasteiger partial charge in [0.25, 0.3) is 0 Å². The molecule has 2 aliphatic rings. The monoisotopic (exact) mass is 281 g/mol. The normalized spacial score (nSPS) is 26.6. The van der Waals surface area contributed by atoms with Crippen molar-refractivity contribution in [3.63, 3.8) is 0 Å². The van der Waals surface area contributed by atoms with Gasteiger partial charge >= 0.3 is 0 Å². The van der Waals surface area contributed by atoms with Gasteiger partial charge in [-0.1, -0.05) is 17.7 Å². The molecule has 19 heavy (non-hydrogen) atoms. The molecule has 3 nitrogen and oxygen atoms in total. The molecule has 0 spiro atoms. The summed E-state index contributed by atoms with van der Waals surface area (Å²) in [6, 6.07) is 6.44. The second-order valence-corrected chi connectivity index (χ2v) is 5.83. The first-order chi connectivity index (χ1) is 9.28. The van der Waals surface area contributed by atoms with Crippen LogP contribution in [0, 0.1) is 5.92 Å². The Labute approximate surface area is 119 Å². The second-order valence-electron chi connectivity index (χ2n) is 5.42. The summed E-state index contributed by atoms with van der Waals surface area (Å²) in [6.07, 6.45) is 4.20. The summed E-state index contributed by atoms with van der Waals surface area (Å²) < 4.78 is 11.0. The maximum absolute atomic E-state index is 6.14. The third kappa shape index (κ3) is 3.04. The lowest BCUT2D eigenvalue weighted by Crippen LogP contribution is -2.37. The van der Waals surface area contributed by atoms with Crippen LogP contribution in [0.25, 0.3) is 0 Å². The predicted octanol–water partition coefficient (Wildman–Crippen LogP) is 3.01. The summed E-state index contributed by atoms with van der Waals surface area (Å²) in [4.78, 5) is 0. The van der Waals surface area contributed by atoms with Crippen LogP contribution in [0.15, 0.2) is 18.2 Å². The van der Waals surface area contributed by atoms with Crippen molar-refractivity contribution >= 4 is 11.6 Å². The number of hydrogen-bond acceptors (Lipinski definition) is 3. The van der Waals surface area contributed by atoms with Gasteiger partial charge in [0.1, 0.15) is 5.75 Å². The third-order valence-corrected chi connectivity index (χ3v) is 4.30. The summed E-state index contributed by atoms with van der Waals surface area (Å²) in [5.41, 5.74) is 1.19. The topological polar surface area (TPSA) is 30.5 Å². The summed E-state index contributed by atoms with van der Waals surface area (Å²) >= 11 is 6.14. The van der Waals surface area contributed by atoms with Gasteiger partial charge in [0, 0.05) is 19.2 Å². The van der Waals surface area contributed by atoms with E-state index in [1.807, 2.05) is 12.1 Å². The van der Waals surface area contributed by atoms with Gasteiger partial charge in [0.15, 0.2) is 0 Å². The number of halogens is 1. The summed E-state index contributed by atoms with van der Waals surface area (Å²) in [5, 5.41) is 4.28. The standard InChI is InChI=1S/C15H20ClNO2/c1-18-14-5-2-10(8-12(14)16)9-17-13-6-7-19-15(13)11-3-4-11/h2,5,8,11,13,15,17H,3-4,6-7,9H2,1H3. The molecule has 4 heteroatoms. The fourth-order valence-electron chi connectivity index (χ4n) is 2.79. The summed E-state index contributed by atoms with van der Waals surface area (Å²) in [6.45, 7) is 1.73. The van der Waals surface area contributed by atoms with Crippen LogP contribution in [-0.2, 0) is 11.3 Å². The molecule has 3 rings (SSSR count). The fraction of sp³-hybridized carbons (Fsp3) is 0.600. The molecule has 1 heterocycles. The Morgan fingerprint density at radius 2 is 2.21 bits per heavy atom. The first-order valence-electron chi connectivity index (χ1n) is 6.95. The van der Waals surface area contributed by atoms with Crippen molar-refractivity contribution in [1.82, 2.24) is 5.32 Å². The van der Waals surface area contributed by atoms with Crippen LogP contribution >= 0.6 is 11.6 Å². The average Bonchev–Trinajstić information content (AvgIpc) is 3.15. The van der Waals surface area contributed by atoms with Crippen LogP contribution in [0.1, 0.15) is 24.8 Å². The summed E-state index contributed by atoms with van der Waals surface area (Å²) in [5.74, 6) is 1.52. The number of nitrogens with one attached hydrogen (secondary N) is 1. The van der Waals surface area contributed by atoms with Gasteiger partial charge in [-0.25, -0.2) is 0 Å². The molecule has 2 fully saturated rings. The minimum atomic E-state index is 0.425. The largest absolute Gasteiger partial charge is 0.495 e. The summed E-state index contributed by atoms with van der Waals surface area (Å²) in [7, 11) is 1.63. The van der Waals surface area contributed by atoms with E-state index in [0.717, 1.165) is 31.2 Å². The van der Waals surface area contributed by atoms with Gasteiger partial charge in [0.05, 0.1) is 18.2 Å². The highest BCUT2D eigenvalue weighted by Crippen LogP contribution is 2.38. The van der Waals surface area contributed by atoms with E-state index in [2.05, 4.69) is 11.4 Å². The Morgan fingerprint density at radius 1 is 1.37 bits per heavy atom. The number of hydrogen-bond donors (Lipinski definition) is 1. The molecule has 1 aliphatic carbocycles. The molecule has 0 radical (unpaired) electrons. The Bertz CT molecular complexity index is 448. The zero-order chi connectivity index (χ0) is 13.2. The highest BCUT2D eigenvalue weighted by molar-refractivity contribution is 6.32. The predicted molar refractivity (Wildman–Crippen MR) is 75.7 cm³/mol. The molecule has 2 atom stereocenters. The molecule has 1 aromatic carbocycles. The van der Waals surface area contributed by atoms with E-state index >= 15 is 0 Å². The molecule has 0 amide bonds. The minimum absolute atomic E-state index is 0.425. The Kier molecular flexibility index (Phi) is 3.96. The lowest BCUT2D eigenvalue weighted by Gasteiger charge is -2.19. The fourth-order valence-corrected chi connectivity index (χ4v) is 3.07. The van der Waals surface area contributed by atoms with Gasteiger partial charge in [-0.15, -0.1) is 0 Å². The number of benzene rings is 1. The highest BCUT2D eigenvalue weighted by atomic mass is 35.5. The van der Waals surface area contributed by atoms with Gasteiger partial charge in [-0.3, -0.25) is 0 Å². The zero-order valence-corrected chi connectivity index (χ0v) is 12.0. The quantitative estimate of drug-likeness (QED) is 0.900.